The Balaban J connectivity index is 1.64. The van der Waals surface area contributed by atoms with Gasteiger partial charge in [0.05, 0.1) is 16.8 Å². The van der Waals surface area contributed by atoms with Crippen molar-refractivity contribution < 1.29 is 9.52 Å². The molecule has 194 valence electrons. The van der Waals surface area contributed by atoms with Crippen molar-refractivity contribution in [1.29, 1.82) is 5.26 Å². The van der Waals surface area contributed by atoms with Crippen molar-refractivity contribution in [2.45, 2.75) is 6.92 Å². The Bertz CT molecular complexity index is 2020. The number of pyridine rings is 1. The average molecular weight is 546 g/mol. The monoisotopic (exact) mass is 545 g/mol. The van der Waals surface area contributed by atoms with E-state index in [1.807, 2.05) is 42.5 Å². The minimum Gasteiger partial charge on any atom is -0.506 e. The van der Waals surface area contributed by atoms with Crippen LogP contribution in [0.15, 0.2) is 94.3 Å². The molecule has 0 amide bonds. The van der Waals surface area contributed by atoms with Gasteiger partial charge in [-0.1, -0.05) is 54.1 Å². The van der Waals surface area contributed by atoms with Crippen molar-refractivity contribution in [1.82, 2.24) is 14.8 Å². The Morgan fingerprint density at radius 1 is 1.02 bits per heavy atom. The van der Waals surface area contributed by atoms with E-state index in [2.05, 4.69) is 11.1 Å². The number of nitrogen functional groups attached to an aromatic ring is 1. The van der Waals surface area contributed by atoms with Crippen LogP contribution in [0.25, 0.3) is 50.3 Å². The number of hydrogen-bond donors (Lipinski definition) is 2. The summed E-state index contributed by atoms with van der Waals surface area (Å²) in [5.74, 6) is -0.386. The third-order valence-corrected chi connectivity index (χ3v) is 6.91. The quantitative estimate of drug-likeness (QED) is 0.242. The van der Waals surface area contributed by atoms with Gasteiger partial charge in [0.25, 0.3) is 0 Å². The Morgan fingerprint density at radius 2 is 1.77 bits per heavy atom. The molecule has 8 nitrogen and oxygen atoms in total. The van der Waals surface area contributed by atoms with Gasteiger partial charge in [0.15, 0.2) is 0 Å². The van der Waals surface area contributed by atoms with Crippen LogP contribution in [-0.4, -0.2) is 19.9 Å². The zero-order valence-electron chi connectivity index (χ0n) is 21.1. The van der Waals surface area contributed by atoms with Crippen molar-refractivity contribution in [3.63, 3.8) is 0 Å². The highest BCUT2D eigenvalue weighted by Crippen LogP contribution is 2.40. The van der Waals surface area contributed by atoms with E-state index in [0.29, 0.717) is 32.8 Å². The molecule has 0 unspecified atom stereocenters. The highest BCUT2D eigenvalue weighted by Gasteiger charge is 2.24. The Labute approximate surface area is 233 Å². The van der Waals surface area contributed by atoms with Crippen LogP contribution in [0.3, 0.4) is 0 Å². The lowest BCUT2D eigenvalue weighted by Crippen LogP contribution is -2.08. The molecule has 3 N–H and O–H groups in total. The van der Waals surface area contributed by atoms with Gasteiger partial charge >= 0.3 is 5.63 Å². The van der Waals surface area contributed by atoms with Crippen LogP contribution in [0.4, 0.5) is 5.82 Å². The molecule has 0 bridgehead atoms. The first-order valence-corrected chi connectivity index (χ1v) is 12.6. The number of aromatic nitrogens is 3. The summed E-state index contributed by atoms with van der Waals surface area (Å²) >= 11 is 6.14. The van der Waals surface area contributed by atoms with E-state index < -0.39 is 5.63 Å². The van der Waals surface area contributed by atoms with Crippen LogP contribution < -0.4 is 11.4 Å². The topological polar surface area (TPSA) is 131 Å². The number of nitrogens with two attached hydrogens (primary N) is 1. The first-order chi connectivity index (χ1) is 19.4. The predicted octanol–water partition coefficient (Wildman–Crippen LogP) is 6.50. The number of halogens is 1. The molecule has 0 spiro atoms. The Morgan fingerprint density at radius 3 is 2.50 bits per heavy atom. The summed E-state index contributed by atoms with van der Waals surface area (Å²) in [5.41, 5.74) is 9.56. The lowest BCUT2D eigenvalue weighted by atomic mass is 9.96. The maximum absolute atomic E-state index is 13.1. The summed E-state index contributed by atoms with van der Waals surface area (Å²) in [5, 5.41) is 27.0. The fourth-order valence-corrected chi connectivity index (χ4v) is 4.83. The van der Waals surface area contributed by atoms with Crippen molar-refractivity contribution in [3.8, 4) is 51.1 Å². The first kappa shape index (κ1) is 24.9. The number of aromatic hydroxyl groups is 1. The number of rotatable bonds is 4. The van der Waals surface area contributed by atoms with Gasteiger partial charge in [0.1, 0.15) is 40.0 Å². The fourth-order valence-electron chi connectivity index (χ4n) is 4.70. The van der Waals surface area contributed by atoms with E-state index in [4.69, 9.17) is 26.9 Å². The van der Waals surface area contributed by atoms with Gasteiger partial charge in [0, 0.05) is 27.9 Å². The number of aryl methyl sites for hydroxylation is 1. The molecule has 3 aromatic carbocycles. The first-order valence-electron chi connectivity index (χ1n) is 12.2. The molecule has 9 heteroatoms. The van der Waals surface area contributed by atoms with Crippen molar-refractivity contribution in [2.24, 2.45) is 0 Å². The average Bonchev–Trinajstić information content (AvgIpc) is 3.40. The van der Waals surface area contributed by atoms with Gasteiger partial charge < -0.3 is 15.3 Å². The SMILES string of the molecule is Cc1cccc2c(O)c(-c3cc(-c4cn(-c5ccccc5)nc4-c4ccc(Cl)cc4)c(C#N)c(N)n3)c(=O)oc12. The smallest absolute Gasteiger partial charge is 0.349 e. The van der Waals surface area contributed by atoms with Gasteiger partial charge in [-0.2, -0.15) is 10.4 Å². The number of fused-ring (bicyclic) bond motifs is 1. The molecule has 0 aliphatic rings. The van der Waals surface area contributed by atoms with Crippen LogP contribution >= 0.6 is 11.6 Å². The molecule has 0 saturated heterocycles. The standard InChI is InChI=1S/C31H20ClN5O3/c1-17-6-5-9-21-28(38)26(31(39)40-29(17)21)25-14-22(23(15-33)30(34)35-25)24-16-37(20-7-3-2-4-8-20)36-27(24)18-10-12-19(32)13-11-18/h2-14,16,38H,1H3,(H2,34,35). The van der Waals surface area contributed by atoms with Gasteiger partial charge in [-0.25, -0.2) is 14.5 Å². The summed E-state index contributed by atoms with van der Waals surface area (Å²) in [4.78, 5) is 17.4. The van der Waals surface area contributed by atoms with Crippen LogP contribution in [0.1, 0.15) is 11.1 Å². The van der Waals surface area contributed by atoms with Gasteiger partial charge in [-0.05, 0) is 48.9 Å². The predicted molar refractivity (Wildman–Crippen MR) is 154 cm³/mol. The molecule has 0 saturated carbocycles. The minimum absolute atomic E-state index is 0.0654. The van der Waals surface area contributed by atoms with E-state index in [0.717, 1.165) is 11.3 Å². The van der Waals surface area contributed by atoms with Crippen molar-refractivity contribution in [3.05, 3.63) is 112 Å². The van der Waals surface area contributed by atoms with E-state index in [1.165, 1.54) is 0 Å². The molecule has 6 aromatic rings. The summed E-state index contributed by atoms with van der Waals surface area (Å²) in [6.45, 7) is 1.78. The summed E-state index contributed by atoms with van der Waals surface area (Å²) in [7, 11) is 0. The number of nitriles is 1. The fraction of sp³-hybridized carbons (Fsp3) is 0.0323. The molecule has 0 atom stereocenters. The Kier molecular flexibility index (Phi) is 6.06. The van der Waals surface area contributed by atoms with Gasteiger partial charge in [-0.15, -0.1) is 0 Å². The van der Waals surface area contributed by atoms with Crippen LogP contribution in [0, 0.1) is 18.3 Å². The number of para-hydroxylation sites is 2. The molecule has 6 rings (SSSR count). The molecule has 0 aliphatic heterocycles. The number of nitrogens with zero attached hydrogens (tertiary/aromatic N) is 4. The van der Waals surface area contributed by atoms with Crippen LogP contribution in [0.2, 0.25) is 5.02 Å². The van der Waals surface area contributed by atoms with Crippen LogP contribution in [-0.2, 0) is 0 Å². The zero-order chi connectivity index (χ0) is 28.0. The van der Waals surface area contributed by atoms with Crippen LogP contribution in [0.5, 0.6) is 5.75 Å². The van der Waals surface area contributed by atoms with Gasteiger partial charge in [-0.3, -0.25) is 0 Å². The normalized spacial score (nSPS) is 11.0. The zero-order valence-corrected chi connectivity index (χ0v) is 21.8. The third kappa shape index (κ3) is 4.15. The molecule has 0 radical (unpaired) electrons. The molecule has 3 aromatic heterocycles. The maximum Gasteiger partial charge on any atom is 0.349 e. The maximum atomic E-state index is 13.1. The lowest BCUT2D eigenvalue weighted by Gasteiger charge is -2.12. The second-order valence-electron chi connectivity index (χ2n) is 9.17. The summed E-state index contributed by atoms with van der Waals surface area (Å²) < 4.78 is 7.27. The molecule has 3 heterocycles. The number of anilines is 1. The lowest BCUT2D eigenvalue weighted by molar-refractivity contribution is 0.470. The van der Waals surface area contributed by atoms with E-state index in [9.17, 15) is 15.2 Å². The van der Waals surface area contributed by atoms with E-state index in [-0.39, 0.29) is 34.0 Å². The molecule has 0 fully saturated rings. The highest BCUT2D eigenvalue weighted by atomic mass is 35.5. The largest absolute Gasteiger partial charge is 0.506 e. The van der Waals surface area contributed by atoms with Crippen molar-refractivity contribution >= 4 is 28.4 Å². The Hall–Kier alpha value is -5.39. The second kappa shape index (κ2) is 9.73. The van der Waals surface area contributed by atoms with Gasteiger partial charge in [0.2, 0.25) is 0 Å². The number of hydrogen-bond acceptors (Lipinski definition) is 7. The molecule has 0 aliphatic carbocycles. The van der Waals surface area contributed by atoms with E-state index in [1.54, 1.807) is 54.2 Å². The molecule has 40 heavy (non-hydrogen) atoms. The summed E-state index contributed by atoms with van der Waals surface area (Å²) in [6, 6.07) is 25.5. The highest BCUT2D eigenvalue weighted by molar-refractivity contribution is 6.30. The van der Waals surface area contributed by atoms with Crippen molar-refractivity contribution in [2.75, 3.05) is 5.73 Å². The molecular weight excluding hydrogens is 526 g/mol. The minimum atomic E-state index is -0.778. The summed E-state index contributed by atoms with van der Waals surface area (Å²) in [6.07, 6.45) is 1.78. The molecular formula is C31H20ClN5O3. The number of benzene rings is 3. The van der Waals surface area contributed by atoms with E-state index >= 15 is 0 Å². The second-order valence-corrected chi connectivity index (χ2v) is 9.61. The third-order valence-electron chi connectivity index (χ3n) is 6.66.